The van der Waals surface area contributed by atoms with Gasteiger partial charge >= 0.3 is 0 Å². The van der Waals surface area contributed by atoms with Crippen LogP contribution in [-0.4, -0.2) is 30.7 Å². The van der Waals surface area contributed by atoms with Gasteiger partial charge in [0.25, 0.3) is 0 Å². The molecule has 2 amide bonds. The number of hydrogen-bond acceptors (Lipinski definition) is 5. The van der Waals surface area contributed by atoms with Gasteiger partial charge in [0.1, 0.15) is 4.75 Å². The van der Waals surface area contributed by atoms with Crippen LogP contribution in [0.2, 0.25) is 0 Å². The number of carbonyl (C=O) groups excluding carboxylic acids is 2. The molecule has 1 aliphatic heterocycles. The minimum absolute atomic E-state index is 0.0694. The highest BCUT2D eigenvalue weighted by molar-refractivity contribution is 9.10. The first kappa shape index (κ1) is 19.9. The minimum Gasteiger partial charge on any atom is -0.325 e. The average molecular weight is 469 g/mol. The van der Waals surface area contributed by atoms with Crippen molar-refractivity contribution in [3.05, 3.63) is 46.9 Å². The van der Waals surface area contributed by atoms with Crippen molar-refractivity contribution in [2.24, 2.45) is 0 Å². The summed E-state index contributed by atoms with van der Waals surface area (Å²) in [5.41, 5.74) is 1.02. The summed E-state index contributed by atoms with van der Waals surface area (Å²) in [5, 5.41) is 5.39. The second-order valence-corrected chi connectivity index (χ2v) is 10.9. The third-order valence-electron chi connectivity index (χ3n) is 4.21. The molecule has 0 bridgehead atoms. The van der Waals surface area contributed by atoms with Crippen LogP contribution in [0.3, 0.4) is 0 Å². The van der Waals surface area contributed by atoms with Gasteiger partial charge in [-0.3, -0.25) is 9.59 Å². The maximum atomic E-state index is 12.9. The summed E-state index contributed by atoms with van der Waals surface area (Å²) in [6, 6.07) is 11.2. The SMILES string of the molecule is CC(C)(C(=O)Nc1ccc2c(c1)NC(=O)CS2)S(=O)(=O)c1ccc(Br)cc1. The van der Waals surface area contributed by atoms with Crippen LogP contribution in [-0.2, 0) is 19.4 Å². The highest BCUT2D eigenvalue weighted by atomic mass is 79.9. The molecule has 0 unspecified atom stereocenters. The van der Waals surface area contributed by atoms with Gasteiger partial charge in [0.15, 0.2) is 9.84 Å². The number of thioether (sulfide) groups is 1. The molecular weight excluding hydrogens is 452 g/mol. The number of halogens is 1. The molecule has 0 aromatic heterocycles. The van der Waals surface area contributed by atoms with E-state index in [0.29, 0.717) is 17.1 Å². The van der Waals surface area contributed by atoms with E-state index in [1.165, 1.54) is 37.7 Å². The summed E-state index contributed by atoms with van der Waals surface area (Å²) in [6.07, 6.45) is 0. The summed E-state index contributed by atoms with van der Waals surface area (Å²) < 4.78 is 24.9. The van der Waals surface area contributed by atoms with Crippen molar-refractivity contribution in [3.63, 3.8) is 0 Å². The molecule has 2 aromatic rings. The molecule has 0 saturated carbocycles. The normalized spacial score (nSPS) is 14.3. The van der Waals surface area contributed by atoms with Crippen LogP contribution in [0.25, 0.3) is 0 Å². The molecule has 3 rings (SSSR count). The maximum Gasteiger partial charge on any atom is 0.245 e. The topological polar surface area (TPSA) is 92.3 Å². The zero-order valence-corrected chi connectivity index (χ0v) is 17.8. The number of nitrogens with one attached hydrogen (secondary N) is 2. The Morgan fingerprint density at radius 2 is 1.85 bits per heavy atom. The Hall–Kier alpha value is -1.84. The zero-order chi connectivity index (χ0) is 19.8. The molecule has 2 aromatic carbocycles. The smallest absolute Gasteiger partial charge is 0.245 e. The predicted octanol–water partition coefficient (Wildman–Crippen LogP) is 3.68. The van der Waals surface area contributed by atoms with Crippen molar-refractivity contribution in [2.75, 3.05) is 16.4 Å². The summed E-state index contributed by atoms with van der Waals surface area (Å²) >= 11 is 4.67. The van der Waals surface area contributed by atoms with Gasteiger partial charge in [-0.2, -0.15) is 0 Å². The largest absolute Gasteiger partial charge is 0.325 e. The van der Waals surface area contributed by atoms with Crippen LogP contribution in [0.4, 0.5) is 11.4 Å². The van der Waals surface area contributed by atoms with Crippen molar-refractivity contribution in [3.8, 4) is 0 Å². The van der Waals surface area contributed by atoms with E-state index >= 15 is 0 Å². The summed E-state index contributed by atoms with van der Waals surface area (Å²) in [5.74, 6) is -0.425. The highest BCUT2D eigenvalue weighted by Crippen LogP contribution is 2.34. The lowest BCUT2D eigenvalue weighted by Crippen LogP contribution is -2.44. The molecule has 0 aliphatic carbocycles. The first-order valence-electron chi connectivity index (χ1n) is 7.99. The van der Waals surface area contributed by atoms with Crippen LogP contribution >= 0.6 is 27.7 Å². The molecule has 142 valence electrons. The van der Waals surface area contributed by atoms with Gasteiger partial charge in [-0.05, 0) is 56.3 Å². The molecule has 9 heteroatoms. The molecule has 1 aliphatic rings. The summed E-state index contributed by atoms with van der Waals surface area (Å²) in [7, 11) is -3.91. The molecule has 0 atom stereocenters. The fraction of sp³-hybridized carbons (Fsp3) is 0.222. The van der Waals surface area contributed by atoms with E-state index in [4.69, 9.17) is 0 Å². The van der Waals surface area contributed by atoms with E-state index in [0.717, 1.165) is 9.37 Å². The Morgan fingerprint density at radius 3 is 2.52 bits per heavy atom. The maximum absolute atomic E-state index is 12.9. The van der Waals surface area contributed by atoms with Crippen LogP contribution in [0.15, 0.2) is 56.7 Å². The van der Waals surface area contributed by atoms with E-state index < -0.39 is 20.5 Å². The van der Waals surface area contributed by atoms with E-state index in [2.05, 4.69) is 26.6 Å². The minimum atomic E-state index is -3.91. The van der Waals surface area contributed by atoms with Crippen molar-refractivity contribution < 1.29 is 18.0 Å². The molecule has 0 spiro atoms. The highest BCUT2D eigenvalue weighted by Gasteiger charge is 2.42. The van der Waals surface area contributed by atoms with Gasteiger partial charge in [0.2, 0.25) is 11.8 Å². The van der Waals surface area contributed by atoms with Crippen molar-refractivity contribution in [1.82, 2.24) is 0 Å². The van der Waals surface area contributed by atoms with Crippen LogP contribution in [0.1, 0.15) is 13.8 Å². The van der Waals surface area contributed by atoms with Crippen LogP contribution < -0.4 is 10.6 Å². The molecule has 0 saturated heterocycles. The second kappa shape index (κ2) is 7.29. The third kappa shape index (κ3) is 3.90. The Bertz CT molecular complexity index is 1020. The molecule has 1 heterocycles. The molecule has 0 fully saturated rings. The van der Waals surface area contributed by atoms with E-state index in [-0.39, 0.29) is 10.8 Å². The monoisotopic (exact) mass is 468 g/mol. The molecule has 6 nitrogen and oxygen atoms in total. The number of amides is 2. The number of hydrogen-bond donors (Lipinski definition) is 2. The van der Waals surface area contributed by atoms with Crippen LogP contribution in [0.5, 0.6) is 0 Å². The van der Waals surface area contributed by atoms with Gasteiger partial charge < -0.3 is 10.6 Å². The molecule has 27 heavy (non-hydrogen) atoms. The van der Waals surface area contributed by atoms with Crippen molar-refractivity contribution in [2.45, 2.75) is 28.4 Å². The van der Waals surface area contributed by atoms with Gasteiger partial charge in [-0.1, -0.05) is 15.9 Å². The molecular formula is C18H17BrN2O4S2. The first-order chi connectivity index (χ1) is 12.6. The lowest BCUT2D eigenvalue weighted by molar-refractivity contribution is -0.118. The summed E-state index contributed by atoms with van der Waals surface area (Å²) in [6.45, 7) is 2.74. The number of carbonyl (C=O) groups is 2. The fourth-order valence-electron chi connectivity index (χ4n) is 2.47. The van der Waals surface area contributed by atoms with E-state index in [1.807, 2.05) is 0 Å². The lowest BCUT2D eigenvalue weighted by atomic mass is 10.2. The van der Waals surface area contributed by atoms with E-state index in [1.54, 1.807) is 30.3 Å². The van der Waals surface area contributed by atoms with Gasteiger partial charge in [-0.25, -0.2) is 8.42 Å². The molecule has 2 N–H and O–H groups in total. The number of rotatable bonds is 4. The average Bonchev–Trinajstić information content (AvgIpc) is 2.61. The predicted molar refractivity (Wildman–Crippen MR) is 110 cm³/mol. The fourth-order valence-corrected chi connectivity index (χ4v) is 4.90. The first-order valence-corrected chi connectivity index (χ1v) is 11.3. The Morgan fingerprint density at radius 1 is 1.19 bits per heavy atom. The van der Waals surface area contributed by atoms with Crippen molar-refractivity contribution in [1.29, 1.82) is 0 Å². The number of anilines is 2. The third-order valence-corrected chi connectivity index (χ3v) is 8.24. The van der Waals surface area contributed by atoms with Gasteiger partial charge in [-0.15, -0.1) is 11.8 Å². The summed E-state index contributed by atoms with van der Waals surface area (Å²) in [4.78, 5) is 25.3. The Kier molecular flexibility index (Phi) is 5.38. The Labute approximate surface area is 170 Å². The second-order valence-electron chi connectivity index (χ2n) is 6.47. The molecule has 0 radical (unpaired) electrons. The standard InChI is InChI=1S/C18H17BrN2O4S2/c1-18(2,27(24,25)13-6-3-11(19)4-7-13)17(23)20-12-5-8-15-14(9-12)21-16(22)10-26-15/h3-9H,10H2,1-2H3,(H,20,23)(H,21,22). The van der Waals surface area contributed by atoms with Gasteiger partial charge in [0, 0.05) is 15.1 Å². The van der Waals surface area contributed by atoms with Crippen molar-refractivity contribution >= 4 is 60.7 Å². The van der Waals surface area contributed by atoms with E-state index in [9.17, 15) is 18.0 Å². The zero-order valence-electron chi connectivity index (χ0n) is 14.6. The number of benzene rings is 2. The Balaban J connectivity index is 1.85. The van der Waals surface area contributed by atoms with Gasteiger partial charge in [0.05, 0.1) is 16.3 Å². The number of sulfone groups is 1. The number of fused-ring (bicyclic) bond motifs is 1. The lowest BCUT2D eigenvalue weighted by Gasteiger charge is -2.24. The quantitative estimate of drug-likeness (QED) is 0.713. The van der Waals surface area contributed by atoms with Crippen LogP contribution in [0, 0.1) is 0 Å².